The van der Waals surface area contributed by atoms with Gasteiger partial charge in [-0.1, -0.05) is 35.5 Å². The van der Waals surface area contributed by atoms with E-state index >= 15 is 0 Å². The Bertz CT molecular complexity index is 918. The molecular formula is C17H18N4O3. The summed E-state index contributed by atoms with van der Waals surface area (Å²) in [5.74, 6) is 0.0415. The molecule has 4 rings (SSSR count). The molecule has 0 bridgehead atoms. The number of H-pyrrole nitrogens is 1. The first-order chi connectivity index (χ1) is 11.7. The molecule has 0 spiro atoms. The van der Waals surface area contributed by atoms with E-state index in [9.17, 15) is 15.0 Å². The molecule has 124 valence electrons. The molecular weight excluding hydrogens is 308 g/mol. The molecule has 2 aromatic heterocycles. The Hall–Kier alpha value is -2.51. The third-order valence-corrected chi connectivity index (χ3v) is 4.73. The molecule has 7 nitrogen and oxygen atoms in total. The highest BCUT2D eigenvalue weighted by atomic mass is 16.3. The van der Waals surface area contributed by atoms with Crippen LogP contribution in [-0.2, 0) is 0 Å². The highest BCUT2D eigenvalue weighted by molar-refractivity contribution is 5.78. The van der Waals surface area contributed by atoms with Gasteiger partial charge >= 0.3 is 0 Å². The number of aliphatic hydroxyl groups is 2. The summed E-state index contributed by atoms with van der Waals surface area (Å²) in [6.07, 6.45) is 0.535. The van der Waals surface area contributed by atoms with Crippen molar-refractivity contribution in [2.45, 2.75) is 25.0 Å². The maximum absolute atomic E-state index is 12.3. The van der Waals surface area contributed by atoms with E-state index in [2.05, 4.69) is 15.3 Å². The Morgan fingerprint density at radius 1 is 1.25 bits per heavy atom. The number of nitrogens with one attached hydrogen (secondary N) is 1. The molecule has 2 heterocycles. The number of rotatable bonds is 3. The third kappa shape index (κ3) is 2.42. The van der Waals surface area contributed by atoms with Gasteiger partial charge in [0.25, 0.3) is 5.56 Å². The van der Waals surface area contributed by atoms with E-state index < -0.39 is 6.10 Å². The molecule has 0 amide bonds. The van der Waals surface area contributed by atoms with Crippen LogP contribution in [0.15, 0.2) is 41.2 Å². The Balaban J connectivity index is 1.84. The van der Waals surface area contributed by atoms with E-state index in [0.717, 1.165) is 5.56 Å². The lowest BCUT2D eigenvalue weighted by Crippen LogP contribution is -2.19. The molecule has 3 aromatic rings. The molecule has 3 N–H and O–H groups in total. The number of aromatic nitrogens is 4. The van der Waals surface area contributed by atoms with E-state index in [-0.39, 0.29) is 29.6 Å². The van der Waals surface area contributed by atoms with Gasteiger partial charge in [0.05, 0.1) is 23.4 Å². The van der Waals surface area contributed by atoms with Gasteiger partial charge in [-0.05, 0) is 30.4 Å². The summed E-state index contributed by atoms with van der Waals surface area (Å²) < 4.78 is 1.62. The van der Waals surface area contributed by atoms with Crippen molar-refractivity contribution in [3.63, 3.8) is 0 Å². The molecule has 1 aliphatic rings. The highest BCUT2D eigenvalue weighted by Gasteiger charge is 2.35. The van der Waals surface area contributed by atoms with E-state index in [1.165, 1.54) is 0 Å². The van der Waals surface area contributed by atoms with Crippen LogP contribution >= 0.6 is 0 Å². The average Bonchev–Trinajstić information content (AvgIpc) is 3.19. The molecule has 1 aliphatic carbocycles. The van der Waals surface area contributed by atoms with Gasteiger partial charge in [0.2, 0.25) is 0 Å². The molecule has 0 saturated heterocycles. The fourth-order valence-electron chi connectivity index (χ4n) is 3.47. The summed E-state index contributed by atoms with van der Waals surface area (Å²) in [6.45, 7) is 0.0377. The quantitative estimate of drug-likeness (QED) is 0.668. The van der Waals surface area contributed by atoms with Gasteiger partial charge in [0.1, 0.15) is 0 Å². The third-order valence-electron chi connectivity index (χ3n) is 4.73. The standard InChI is InChI=1S/C17H18N4O3/c22-9-10-6-13(15(23)7-10)21-14-8-12(11-4-2-1-3-5-11)18-17(24)16(14)19-20-21/h1-5,8,10,13,15,22-23H,6-7,9H2,(H,18,24). The van der Waals surface area contributed by atoms with Crippen LogP contribution in [0.5, 0.6) is 0 Å². The maximum atomic E-state index is 12.3. The number of nitrogens with zero attached hydrogens (tertiary/aromatic N) is 3. The summed E-state index contributed by atoms with van der Waals surface area (Å²) in [5, 5.41) is 27.7. The van der Waals surface area contributed by atoms with Crippen molar-refractivity contribution < 1.29 is 10.2 Å². The highest BCUT2D eigenvalue weighted by Crippen LogP contribution is 2.35. The number of aliphatic hydroxyl groups excluding tert-OH is 2. The van der Waals surface area contributed by atoms with Crippen molar-refractivity contribution in [3.05, 3.63) is 46.8 Å². The van der Waals surface area contributed by atoms with Gasteiger partial charge in [-0.2, -0.15) is 0 Å². The van der Waals surface area contributed by atoms with Crippen molar-refractivity contribution in [3.8, 4) is 11.3 Å². The predicted octanol–water partition coefficient (Wildman–Crippen LogP) is 1.09. The molecule has 7 heteroatoms. The van der Waals surface area contributed by atoms with Crippen LogP contribution in [0.25, 0.3) is 22.3 Å². The van der Waals surface area contributed by atoms with Gasteiger partial charge in [-0.15, -0.1) is 5.10 Å². The number of aromatic amines is 1. The fourth-order valence-corrected chi connectivity index (χ4v) is 3.47. The number of hydrogen-bond donors (Lipinski definition) is 3. The summed E-state index contributed by atoms with van der Waals surface area (Å²) in [7, 11) is 0. The lowest BCUT2D eigenvalue weighted by atomic mass is 10.1. The van der Waals surface area contributed by atoms with Crippen LogP contribution < -0.4 is 5.56 Å². The molecule has 0 aliphatic heterocycles. The van der Waals surface area contributed by atoms with Crippen molar-refractivity contribution in [2.75, 3.05) is 6.61 Å². The van der Waals surface area contributed by atoms with Crippen molar-refractivity contribution in [2.24, 2.45) is 5.92 Å². The van der Waals surface area contributed by atoms with E-state index in [4.69, 9.17) is 0 Å². The summed E-state index contributed by atoms with van der Waals surface area (Å²) in [4.78, 5) is 15.2. The first-order valence-electron chi connectivity index (χ1n) is 8.00. The number of fused-ring (bicyclic) bond motifs is 1. The van der Waals surface area contributed by atoms with Crippen molar-refractivity contribution >= 4 is 11.0 Å². The second-order valence-electron chi connectivity index (χ2n) is 6.30. The molecule has 0 radical (unpaired) electrons. The maximum Gasteiger partial charge on any atom is 0.278 e. The largest absolute Gasteiger partial charge is 0.396 e. The second-order valence-corrected chi connectivity index (χ2v) is 6.30. The zero-order chi connectivity index (χ0) is 16.7. The average molecular weight is 326 g/mol. The first-order valence-corrected chi connectivity index (χ1v) is 8.00. The number of pyridine rings is 1. The Labute approximate surface area is 137 Å². The molecule has 3 atom stereocenters. The lowest BCUT2D eigenvalue weighted by Gasteiger charge is -2.15. The summed E-state index contributed by atoms with van der Waals surface area (Å²) in [6, 6.07) is 11.1. The Kier molecular flexibility index (Phi) is 3.66. The lowest BCUT2D eigenvalue weighted by molar-refractivity contribution is 0.127. The monoisotopic (exact) mass is 326 g/mol. The van der Waals surface area contributed by atoms with E-state index in [1.807, 2.05) is 36.4 Å². The minimum Gasteiger partial charge on any atom is -0.396 e. The molecule has 3 unspecified atom stereocenters. The smallest absolute Gasteiger partial charge is 0.278 e. The first kappa shape index (κ1) is 15.0. The summed E-state index contributed by atoms with van der Waals surface area (Å²) >= 11 is 0. The van der Waals surface area contributed by atoms with Crippen molar-refractivity contribution in [1.82, 2.24) is 20.0 Å². The SMILES string of the molecule is O=c1[nH]c(-c2ccccc2)cc2c1nnn2C1CC(CO)CC1O. The van der Waals surface area contributed by atoms with Crippen molar-refractivity contribution in [1.29, 1.82) is 0 Å². The summed E-state index contributed by atoms with van der Waals surface area (Å²) in [5.41, 5.74) is 2.13. The Morgan fingerprint density at radius 2 is 2.04 bits per heavy atom. The molecule has 1 saturated carbocycles. The van der Waals surface area contributed by atoms with Gasteiger partial charge in [-0.25, -0.2) is 4.68 Å². The molecule has 24 heavy (non-hydrogen) atoms. The normalized spacial score (nSPS) is 23.8. The van der Waals surface area contributed by atoms with E-state index in [0.29, 0.717) is 24.1 Å². The fraction of sp³-hybridized carbons (Fsp3) is 0.353. The van der Waals surface area contributed by atoms with E-state index in [1.54, 1.807) is 4.68 Å². The minimum absolute atomic E-state index is 0.0377. The van der Waals surface area contributed by atoms with Gasteiger partial charge in [-0.3, -0.25) is 4.79 Å². The minimum atomic E-state index is -0.605. The van der Waals surface area contributed by atoms with Gasteiger partial charge in [0.15, 0.2) is 5.52 Å². The zero-order valence-electron chi connectivity index (χ0n) is 13.0. The van der Waals surface area contributed by atoms with Crippen LogP contribution in [0.3, 0.4) is 0 Å². The molecule has 1 fully saturated rings. The van der Waals surface area contributed by atoms with Crippen LogP contribution in [0.2, 0.25) is 0 Å². The second kappa shape index (κ2) is 5.85. The molecule has 1 aromatic carbocycles. The zero-order valence-corrected chi connectivity index (χ0v) is 13.0. The topological polar surface area (TPSA) is 104 Å². The van der Waals surface area contributed by atoms with Crippen LogP contribution in [-0.4, -0.2) is 42.9 Å². The Morgan fingerprint density at radius 3 is 2.75 bits per heavy atom. The number of hydrogen-bond acceptors (Lipinski definition) is 5. The predicted molar refractivity (Wildman–Crippen MR) is 88.4 cm³/mol. The van der Waals surface area contributed by atoms with Crippen LogP contribution in [0.4, 0.5) is 0 Å². The van der Waals surface area contributed by atoms with Crippen LogP contribution in [0, 0.1) is 5.92 Å². The van der Waals surface area contributed by atoms with Gasteiger partial charge in [0, 0.05) is 6.61 Å². The number of benzene rings is 1. The van der Waals surface area contributed by atoms with Gasteiger partial charge < -0.3 is 15.2 Å². The van der Waals surface area contributed by atoms with Crippen LogP contribution in [0.1, 0.15) is 18.9 Å².